The zero-order chi connectivity index (χ0) is 11.6. The lowest BCUT2D eigenvalue weighted by atomic mass is 9.85. The number of rotatable bonds is 2. The molecule has 0 aromatic heterocycles. The van der Waals surface area contributed by atoms with Gasteiger partial charge in [0.2, 0.25) is 0 Å². The van der Waals surface area contributed by atoms with E-state index in [-0.39, 0.29) is 0 Å². The number of piperazine rings is 1. The topological polar surface area (TPSA) is 15.3 Å². The molecule has 2 unspecified atom stereocenters. The summed E-state index contributed by atoms with van der Waals surface area (Å²) in [6.07, 6.45) is 0. The Kier molecular flexibility index (Phi) is 4.19. The van der Waals surface area contributed by atoms with Gasteiger partial charge in [-0.2, -0.15) is 0 Å². The fourth-order valence-electron chi connectivity index (χ4n) is 2.14. The Hall–Kier alpha value is -0.0800. The molecule has 0 aliphatic carbocycles. The third-order valence-electron chi connectivity index (χ3n) is 3.79. The highest BCUT2D eigenvalue weighted by molar-refractivity contribution is 4.89. The molecule has 0 aromatic rings. The van der Waals surface area contributed by atoms with E-state index in [1.807, 2.05) is 0 Å². The zero-order valence-electron chi connectivity index (χ0n) is 11.3. The molecule has 0 radical (unpaired) electrons. The normalized spacial score (nSPS) is 27.0. The molecule has 1 saturated heterocycles. The van der Waals surface area contributed by atoms with Crippen molar-refractivity contribution in [3.05, 3.63) is 0 Å². The highest BCUT2D eigenvalue weighted by atomic mass is 15.2. The van der Waals surface area contributed by atoms with Gasteiger partial charge in [-0.3, -0.25) is 4.90 Å². The van der Waals surface area contributed by atoms with Crippen molar-refractivity contribution in [3.63, 3.8) is 0 Å². The van der Waals surface area contributed by atoms with Crippen LogP contribution in [0.15, 0.2) is 0 Å². The van der Waals surface area contributed by atoms with Gasteiger partial charge >= 0.3 is 0 Å². The molecule has 1 aliphatic heterocycles. The molecular weight excluding hydrogens is 184 g/mol. The lowest BCUT2D eigenvalue weighted by Crippen LogP contribution is -2.58. The lowest BCUT2D eigenvalue weighted by molar-refractivity contribution is 0.0857. The summed E-state index contributed by atoms with van der Waals surface area (Å²) in [7, 11) is 0. The Morgan fingerprint density at radius 1 is 1.20 bits per heavy atom. The molecule has 15 heavy (non-hydrogen) atoms. The van der Waals surface area contributed by atoms with Crippen LogP contribution in [-0.4, -0.2) is 36.6 Å². The van der Waals surface area contributed by atoms with E-state index in [1.165, 1.54) is 13.1 Å². The summed E-state index contributed by atoms with van der Waals surface area (Å²) in [6, 6.07) is 1.34. The first-order chi connectivity index (χ1) is 6.82. The molecule has 0 bridgehead atoms. The molecular formula is C13H28N2. The van der Waals surface area contributed by atoms with Gasteiger partial charge in [-0.25, -0.2) is 0 Å². The molecule has 2 nitrogen and oxygen atoms in total. The van der Waals surface area contributed by atoms with E-state index in [2.05, 4.69) is 51.8 Å². The molecule has 2 atom stereocenters. The maximum absolute atomic E-state index is 3.64. The van der Waals surface area contributed by atoms with Crippen LogP contribution in [0.25, 0.3) is 0 Å². The number of nitrogens with one attached hydrogen (secondary N) is 1. The highest BCUT2D eigenvalue weighted by Crippen LogP contribution is 2.23. The molecule has 1 aliphatic rings. The van der Waals surface area contributed by atoms with E-state index in [0.717, 1.165) is 12.5 Å². The number of nitrogens with zero attached hydrogens (tertiary/aromatic N) is 1. The summed E-state index contributed by atoms with van der Waals surface area (Å²) in [5.74, 6) is 0.753. The Balaban J connectivity index is 2.56. The van der Waals surface area contributed by atoms with Gasteiger partial charge in [0.1, 0.15) is 0 Å². The molecule has 0 saturated carbocycles. The van der Waals surface area contributed by atoms with Crippen molar-refractivity contribution in [3.8, 4) is 0 Å². The van der Waals surface area contributed by atoms with Gasteiger partial charge in [-0.15, -0.1) is 0 Å². The van der Waals surface area contributed by atoms with Crippen LogP contribution in [0, 0.1) is 11.3 Å². The molecule has 0 aromatic carbocycles. The molecule has 0 amide bonds. The summed E-state index contributed by atoms with van der Waals surface area (Å²) in [4.78, 5) is 2.64. The van der Waals surface area contributed by atoms with E-state index >= 15 is 0 Å². The third-order valence-corrected chi connectivity index (χ3v) is 3.79. The van der Waals surface area contributed by atoms with Crippen LogP contribution in [-0.2, 0) is 0 Å². The van der Waals surface area contributed by atoms with E-state index < -0.39 is 0 Å². The van der Waals surface area contributed by atoms with E-state index in [0.29, 0.717) is 17.5 Å². The largest absolute Gasteiger partial charge is 0.311 e. The summed E-state index contributed by atoms with van der Waals surface area (Å²) < 4.78 is 0. The second-order valence-electron chi connectivity index (χ2n) is 6.35. The summed E-state index contributed by atoms with van der Waals surface area (Å²) in [6.45, 7) is 17.5. The second kappa shape index (κ2) is 4.84. The van der Waals surface area contributed by atoms with Crippen molar-refractivity contribution in [2.45, 2.75) is 53.6 Å². The van der Waals surface area contributed by atoms with Gasteiger partial charge in [0.25, 0.3) is 0 Å². The molecule has 2 heteroatoms. The average Bonchev–Trinajstić information content (AvgIpc) is 2.15. The van der Waals surface area contributed by atoms with Gasteiger partial charge in [-0.1, -0.05) is 34.6 Å². The van der Waals surface area contributed by atoms with Crippen LogP contribution in [0.3, 0.4) is 0 Å². The minimum atomic E-state index is 0.370. The predicted octanol–water partition coefficient (Wildman–Crippen LogP) is 2.35. The summed E-state index contributed by atoms with van der Waals surface area (Å²) in [5.41, 5.74) is 0.370. The fourth-order valence-corrected chi connectivity index (χ4v) is 2.14. The third kappa shape index (κ3) is 3.46. The molecule has 1 rings (SSSR count). The van der Waals surface area contributed by atoms with E-state index in [1.54, 1.807) is 0 Å². The van der Waals surface area contributed by atoms with Crippen LogP contribution in [0.1, 0.15) is 41.5 Å². The lowest BCUT2D eigenvalue weighted by Gasteiger charge is -2.43. The SMILES string of the molecule is CC(C)C(C)N1CCNC(C(C)(C)C)C1. The standard InChI is InChI=1S/C13H28N2/c1-10(2)11(3)15-8-7-14-12(9-15)13(4,5)6/h10-12,14H,7-9H2,1-6H3. The maximum Gasteiger partial charge on any atom is 0.0244 e. The smallest absolute Gasteiger partial charge is 0.0244 e. The Morgan fingerprint density at radius 3 is 2.27 bits per heavy atom. The monoisotopic (exact) mass is 212 g/mol. The van der Waals surface area contributed by atoms with E-state index in [4.69, 9.17) is 0 Å². The Labute approximate surface area is 95.4 Å². The summed E-state index contributed by atoms with van der Waals surface area (Å²) in [5, 5.41) is 3.64. The minimum Gasteiger partial charge on any atom is -0.311 e. The minimum absolute atomic E-state index is 0.370. The number of hydrogen-bond donors (Lipinski definition) is 1. The van der Waals surface area contributed by atoms with Crippen LogP contribution in [0.2, 0.25) is 0 Å². The van der Waals surface area contributed by atoms with Crippen molar-refractivity contribution in [2.75, 3.05) is 19.6 Å². The molecule has 90 valence electrons. The first-order valence-electron chi connectivity index (χ1n) is 6.30. The fraction of sp³-hybridized carbons (Fsp3) is 1.00. The first kappa shape index (κ1) is 13.0. The molecule has 0 spiro atoms. The van der Waals surface area contributed by atoms with Crippen molar-refractivity contribution >= 4 is 0 Å². The van der Waals surface area contributed by atoms with Crippen LogP contribution in [0.4, 0.5) is 0 Å². The van der Waals surface area contributed by atoms with Gasteiger partial charge < -0.3 is 5.32 Å². The quantitative estimate of drug-likeness (QED) is 0.756. The zero-order valence-corrected chi connectivity index (χ0v) is 11.3. The first-order valence-corrected chi connectivity index (χ1v) is 6.30. The van der Waals surface area contributed by atoms with Crippen LogP contribution >= 0.6 is 0 Å². The average molecular weight is 212 g/mol. The highest BCUT2D eigenvalue weighted by Gasteiger charge is 2.31. The summed E-state index contributed by atoms with van der Waals surface area (Å²) >= 11 is 0. The number of hydrogen-bond acceptors (Lipinski definition) is 2. The molecule has 1 fully saturated rings. The second-order valence-corrected chi connectivity index (χ2v) is 6.35. The van der Waals surface area contributed by atoms with Gasteiger partial charge in [0.05, 0.1) is 0 Å². The van der Waals surface area contributed by atoms with Crippen molar-refractivity contribution in [2.24, 2.45) is 11.3 Å². The van der Waals surface area contributed by atoms with Gasteiger partial charge in [-0.05, 0) is 18.3 Å². The predicted molar refractivity (Wildman–Crippen MR) is 67.1 cm³/mol. The van der Waals surface area contributed by atoms with Crippen molar-refractivity contribution < 1.29 is 0 Å². The van der Waals surface area contributed by atoms with Gasteiger partial charge in [0.15, 0.2) is 0 Å². The van der Waals surface area contributed by atoms with Crippen LogP contribution < -0.4 is 5.32 Å². The maximum atomic E-state index is 3.64. The van der Waals surface area contributed by atoms with Crippen molar-refractivity contribution in [1.82, 2.24) is 10.2 Å². The van der Waals surface area contributed by atoms with E-state index in [9.17, 15) is 0 Å². The Morgan fingerprint density at radius 2 is 1.80 bits per heavy atom. The van der Waals surface area contributed by atoms with Gasteiger partial charge in [0, 0.05) is 31.7 Å². The molecule has 1 heterocycles. The van der Waals surface area contributed by atoms with Crippen molar-refractivity contribution in [1.29, 1.82) is 0 Å². The molecule has 1 N–H and O–H groups in total. The van der Waals surface area contributed by atoms with Crippen LogP contribution in [0.5, 0.6) is 0 Å². The Bertz CT molecular complexity index is 193.